The molecular weight excluding hydrogens is 284 g/mol. The topological polar surface area (TPSA) is 42.7 Å². The van der Waals surface area contributed by atoms with Crippen LogP contribution in [0.2, 0.25) is 0 Å². The molecule has 0 N–H and O–H groups in total. The van der Waals surface area contributed by atoms with Crippen LogP contribution in [0.15, 0.2) is 6.20 Å². The molecule has 2 aromatic heterocycles. The predicted octanol–water partition coefficient (Wildman–Crippen LogP) is 3.06. The molecule has 2 aliphatic rings. The van der Waals surface area contributed by atoms with Crippen molar-refractivity contribution in [2.24, 2.45) is 0 Å². The molecule has 6 heteroatoms. The maximum Gasteiger partial charge on any atom is 0.214 e. The Morgan fingerprint density at radius 3 is 2.90 bits per heavy atom. The van der Waals surface area contributed by atoms with Gasteiger partial charge in [-0.25, -0.2) is 9.50 Å². The molecule has 1 aliphatic heterocycles. The van der Waals surface area contributed by atoms with Gasteiger partial charge < -0.3 is 9.64 Å². The molecule has 2 aromatic rings. The van der Waals surface area contributed by atoms with Gasteiger partial charge in [0.25, 0.3) is 0 Å². The molecule has 1 aliphatic carbocycles. The van der Waals surface area contributed by atoms with Crippen LogP contribution in [0.1, 0.15) is 50.1 Å². The van der Waals surface area contributed by atoms with Gasteiger partial charge in [-0.1, -0.05) is 24.2 Å². The molecule has 0 radical (unpaired) electrons. The van der Waals surface area contributed by atoms with Crippen molar-refractivity contribution in [2.45, 2.75) is 50.5 Å². The first kappa shape index (κ1) is 13.5. The van der Waals surface area contributed by atoms with Crippen LogP contribution in [0.5, 0.6) is 0 Å². The molecule has 0 unspecified atom stereocenters. The summed E-state index contributed by atoms with van der Waals surface area (Å²) in [4.78, 5) is 8.01. The van der Waals surface area contributed by atoms with Crippen LogP contribution in [0.25, 0.3) is 4.96 Å². The summed E-state index contributed by atoms with van der Waals surface area (Å²) in [6, 6.07) is 0. The van der Waals surface area contributed by atoms with Crippen molar-refractivity contribution >= 4 is 21.4 Å². The third-order valence-electron chi connectivity index (χ3n) is 4.65. The van der Waals surface area contributed by atoms with Gasteiger partial charge in [-0.15, -0.1) is 5.10 Å². The molecule has 1 saturated carbocycles. The Balaban J connectivity index is 1.49. The first-order chi connectivity index (χ1) is 10.3. The summed E-state index contributed by atoms with van der Waals surface area (Å²) >= 11 is 1.68. The zero-order valence-corrected chi connectivity index (χ0v) is 13.3. The van der Waals surface area contributed by atoms with Gasteiger partial charge in [-0.05, 0) is 25.7 Å². The number of imidazole rings is 1. The van der Waals surface area contributed by atoms with E-state index >= 15 is 0 Å². The molecule has 0 aromatic carbocycles. The molecule has 2 fully saturated rings. The van der Waals surface area contributed by atoms with Gasteiger partial charge in [-0.2, -0.15) is 0 Å². The third-order valence-corrected chi connectivity index (χ3v) is 5.69. The van der Waals surface area contributed by atoms with Crippen LogP contribution in [-0.2, 0) is 4.74 Å². The van der Waals surface area contributed by atoms with Crippen molar-refractivity contribution in [3.63, 3.8) is 0 Å². The van der Waals surface area contributed by atoms with Gasteiger partial charge in [0.1, 0.15) is 0 Å². The van der Waals surface area contributed by atoms with Crippen LogP contribution >= 0.6 is 11.3 Å². The second-order valence-corrected chi connectivity index (χ2v) is 7.21. The molecule has 0 amide bonds. The Bertz CT molecular complexity index is 579. The Morgan fingerprint density at radius 1 is 1.33 bits per heavy atom. The number of fused-ring (bicyclic) bond motifs is 1. The van der Waals surface area contributed by atoms with Gasteiger partial charge in [0, 0.05) is 26.1 Å². The summed E-state index contributed by atoms with van der Waals surface area (Å²) in [5.41, 5.74) is 1.24. The van der Waals surface area contributed by atoms with Gasteiger partial charge in [0.2, 0.25) is 10.1 Å². The van der Waals surface area contributed by atoms with E-state index in [1.165, 1.54) is 44.2 Å². The Morgan fingerprint density at radius 2 is 2.19 bits per heavy atom. The number of likely N-dealkylation sites (N-methyl/N-ethyl adjacent to an activating group) is 1. The van der Waals surface area contributed by atoms with Gasteiger partial charge in [0.05, 0.1) is 18.0 Å². The van der Waals surface area contributed by atoms with E-state index in [4.69, 9.17) is 9.72 Å². The summed E-state index contributed by atoms with van der Waals surface area (Å²) < 4.78 is 7.66. The van der Waals surface area contributed by atoms with Crippen LogP contribution in [0.3, 0.4) is 0 Å². The molecular formula is C15H22N4OS. The number of hydrogen-bond donors (Lipinski definition) is 0. The normalized spacial score (nSPS) is 23.4. The number of nitrogens with zero attached hydrogens (tertiary/aromatic N) is 4. The van der Waals surface area contributed by atoms with E-state index in [-0.39, 0.29) is 0 Å². The van der Waals surface area contributed by atoms with Crippen LogP contribution in [-0.4, -0.2) is 40.9 Å². The highest BCUT2D eigenvalue weighted by atomic mass is 32.1. The van der Waals surface area contributed by atoms with Crippen molar-refractivity contribution in [3.05, 3.63) is 11.9 Å². The summed E-state index contributed by atoms with van der Waals surface area (Å²) in [5.74, 6) is 0.659. The lowest BCUT2D eigenvalue weighted by atomic mass is 10.1. The summed E-state index contributed by atoms with van der Waals surface area (Å²) in [6.07, 6.45) is 10.1. The first-order valence-corrected chi connectivity index (χ1v) is 8.80. The number of rotatable bonds is 4. The van der Waals surface area contributed by atoms with Crippen molar-refractivity contribution in [2.75, 3.05) is 25.1 Å². The zero-order chi connectivity index (χ0) is 14.2. The molecule has 3 heterocycles. The van der Waals surface area contributed by atoms with Crippen molar-refractivity contribution < 1.29 is 4.74 Å². The second-order valence-electron chi connectivity index (χ2n) is 6.27. The van der Waals surface area contributed by atoms with Gasteiger partial charge in [0.15, 0.2) is 0 Å². The van der Waals surface area contributed by atoms with E-state index in [0.29, 0.717) is 12.0 Å². The molecule has 0 bridgehead atoms. The SMILES string of the molecule is CN(C[C@@H]1CCCO1)c1nn2cc(C3CCCC3)nc2s1. The average Bonchev–Trinajstić information content (AvgIpc) is 3.22. The lowest BCUT2D eigenvalue weighted by molar-refractivity contribution is 0.116. The lowest BCUT2D eigenvalue weighted by Gasteiger charge is -2.19. The van der Waals surface area contributed by atoms with E-state index in [9.17, 15) is 0 Å². The van der Waals surface area contributed by atoms with E-state index < -0.39 is 0 Å². The number of ether oxygens (including phenoxy) is 1. The largest absolute Gasteiger partial charge is 0.376 e. The van der Waals surface area contributed by atoms with E-state index in [2.05, 4.69) is 23.2 Å². The Labute approximate surface area is 128 Å². The van der Waals surface area contributed by atoms with E-state index in [1.807, 2.05) is 4.52 Å². The highest BCUT2D eigenvalue weighted by Gasteiger charge is 2.22. The van der Waals surface area contributed by atoms with Crippen LogP contribution < -0.4 is 4.90 Å². The standard InChI is InChI=1S/C15H22N4OS/c1-18(9-12-7-4-8-20-12)15-17-19-10-13(16-14(19)21-15)11-5-2-3-6-11/h10-12H,2-9H2,1H3/t12-/m0/s1. The highest BCUT2D eigenvalue weighted by molar-refractivity contribution is 7.20. The fraction of sp³-hybridized carbons (Fsp3) is 0.733. The Kier molecular flexibility index (Phi) is 3.59. The van der Waals surface area contributed by atoms with Crippen molar-refractivity contribution in [1.29, 1.82) is 0 Å². The van der Waals surface area contributed by atoms with E-state index in [1.54, 1.807) is 11.3 Å². The lowest BCUT2D eigenvalue weighted by Crippen LogP contribution is -2.28. The number of anilines is 1. The quantitative estimate of drug-likeness (QED) is 0.870. The predicted molar refractivity (Wildman–Crippen MR) is 84.3 cm³/mol. The fourth-order valence-electron chi connectivity index (χ4n) is 3.45. The van der Waals surface area contributed by atoms with E-state index in [0.717, 1.165) is 23.2 Å². The monoisotopic (exact) mass is 306 g/mol. The molecule has 5 nitrogen and oxygen atoms in total. The molecule has 1 saturated heterocycles. The van der Waals surface area contributed by atoms with Crippen LogP contribution in [0, 0.1) is 0 Å². The minimum atomic E-state index is 0.361. The summed E-state index contributed by atoms with van der Waals surface area (Å²) in [7, 11) is 2.10. The maximum atomic E-state index is 5.70. The smallest absolute Gasteiger partial charge is 0.214 e. The molecule has 21 heavy (non-hydrogen) atoms. The molecule has 1 atom stereocenters. The van der Waals surface area contributed by atoms with Gasteiger partial charge >= 0.3 is 0 Å². The maximum absolute atomic E-state index is 5.70. The highest BCUT2D eigenvalue weighted by Crippen LogP contribution is 2.34. The Hall–Kier alpha value is -1.14. The van der Waals surface area contributed by atoms with Crippen molar-refractivity contribution in [3.8, 4) is 0 Å². The minimum absolute atomic E-state index is 0.361. The zero-order valence-electron chi connectivity index (χ0n) is 12.5. The molecule has 114 valence electrons. The second kappa shape index (κ2) is 5.57. The summed E-state index contributed by atoms with van der Waals surface area (Å²) in [5, 5.41) is 5.72. The molecule has 0 spiro atoms. The molecule has 4 rings (SSSR count). The number of hydrogen-bond acceptors (Lipinski definition) is 5. The van der Waals surface area contributed by atoms with Gasteiger partial charge in [-0.3, -0.25) is 0 Å². The fourth-order valence-corrected chi connectivity index (χ4v) is 4.31. The van der Waals surface area contributed by atoms with Crippen LogP contribution in [0.4, 0.5) is 5.13 Å². The number of aromatic nitrogens is 3. The van der Waals surface area contributed by atoms with Crippen molar-refractivity contribution in [1.82, 2.24) is 14.6 Å². The average molecular weight is 306 g/mol. The third kappa shape index (κ3) is 2.66. The first-order valence-electron chi connectivity index (χ1n) is 7.98. The summed E-state index contributed by atoms with van der Waals surface area (Å²) in [6.45, 7) is 1.83. The minimum Gasteiger partial charge on any atom is -0.376 e.